The van der Waals surface area contributed by atoms with E-state index < -0.39 is 0 Å². The van der Waals surface area contributed by atoms with Gasteiger partial charge in [0.25, 0.3) is 0 Å². The van der Waals surface area contributed by atoms with E-state index in [-0.39, 0.29) is 17.6 Å². The maximum absolute atomic E-state index is 6.34. The van der Waals surface area contributed by atoms with Gasteiger partial charge in [-0.1, -0.05) is 36.7 Å². The van der Waals surface area contributed by atoms with Gasteiger partial charge >= 0.3 is 0 Å². The van der Waals surface area contributed by atoms with Crippen LogP contribution in [0.25, 0.3) is 0 Å². The quantitative estimate of drug-likeness (QED) is 0.740. The summed E-state index contributed by atoms with van der Waals surface area (Å²) in [5, 5.41) is 0. The summed E-state index contributed by atoms with van der Waals surface area (Å²) in [6, 6.07) is 10.5. The number of fused-ring (bicyclic) bond motifs is 1. The standard InChI is InChI=1S/C17H20BrNOS/c1-17(2,3)16-7-6-15(21-16)14-9-12(19)11-8-10(18)4-5-13(11)20-14/h4-8,12,14H,9,19H2,1-3H3/t12-,14?/m0/s1. The van der Waals surface area contributed by atoms with Crippen molar-refractivity contribution in [2.75, 3.05) is 0 Å². The van der Waals surface area contributed by atoms with Crippen molar-refractivity contribution in [3.63, 3.8) is 0 Å². The van der Waals surface area contributed by atoms with Crippen LogP contribution in [-0.4, -0.2) is 0 Å². The molecule has 2 heterocycles. The summed E-state index contributed by atoms with van der Waals surface area (Å²) >= 11 is 5.33. The van der Waals surface area contributed by atoms with Gasteiger partial charge in [-0.2, -0.15) is 0 Å². The molecule has 2 N–H and O–H groups in total. The molecule has 2 atom stereocenters. The van der Waals surface area contributed by atoms with Crippen LogP contribution in [0.1, 0.15) is 54.7 Å². The number of thiophene rings is 1. The average Bonchev–Trinajstić information content (AvgIpc) is 2.89. The molecule has 1 aromatic heterocycles. The predicted molar refractivity (Wildman–Crippen MR) is 92.1 cm³/mol. The molecule has 0 saturated carbocycles. The van der Waals surface area contributed by atoms with Gasteiger partial charge in [0.1, 0.15) is 11.9 Å². The Labute approximate surface area is 138 Å². The second-order valence-corrected chi connectivity index (χ2v) is 8.61. The Morgan fingerprint density at radius 3 is 2.67 bits per heavy atom. The molecule has 0 amide bonds. The summed E-state index contributed by atoms with van der Waals surface area (Å²) in [4.78, 5) is 2.65. The molecule has 1 aliphatic rings. The third-order valence-corrected chi connectivity index (χ3v) is 5.89. The first-order valence-electron chi connectivity index (χ1n) is 7.16. The van der Waals surface area contributed by atoms with Crippen LogP contribution in [0.5, 0.6) is 5.75 Å². The molecule has 0 aliphatic carbocycles. The largest absolute Gasteiger partial charge is 0.484 e. The van der Waals surface area contributed by atoms with E-state index in [0.29, 0.717) is 0 Å². The minimum absolute atomic E-state index is 0.0245. The third-order valence-electron chi connectivity index (χ3n) is 3.79. The van der Waals surface area contributed by atoms with Gasteiger partial charge in [-0.05, 0) is 35.7 Å². The van der Waals surface area contributed by atoms with Crippen molar-refractivity contribution in [3.05, 3.63) is 50.1 Å². The number of benzene rings is 1. The zero-order valence-electron chi connectivity index (χ0n) is 12.5. The lowest BCUT2D eigenvalue weighted by molar-refractivity contribution is 0.165. The Morgan fingerprint density at radius 1 is 1.24 bits per heavy atom. The Kier molecular flexibility index (Phi) is 3.89. The Balaban J connectivity index is 1.89. The SMILES string of the molecule is CC(C)(C)c1ccc(C2C[C@H](N)c3cc(Br)ccc3O2)s1. The highest BCUT2D eigenvalue weighted by atomic mass is 79.9. The lowest BCUT2D eigenvalue weighted by atomic mass is 9.94. The molecule has 1 unspecified atom stereocenters. The van der Waals surface area contributed by atoms with Gasteiger partial charge in [0.15, 0.2) is 0 Å². The summed E-state index contributed by atoms with van der Waals surface area (Å²) in [6.45, 7) is 6.72. The number of nitrogens with two attached hydrogens (primary N) is 1. The zero-order valence-corrected chi connectivity index (χ0v) is 14.9. The Bertz CT molecular complexity index is 659. The zero-order chi connectivity index (χ0) is 15.2. The molecule has 0 radical (unpaired) electrons. The van der Waals surface area contributed by atoms with Gasteiger partial charge in [0.05, 0.1) is 0 Å². The molecule has 2 nitrogen and oxygen atoms in total. The van der Waals surface area contributed by atoms with E-state index in [2.05, 4.69) is 54.9 Å². The van der Waals surface area contributed by atoms with Crippen LogP contribution in [0, 0.1) is 0 Å². The lowest BCUT2D eigenvalue weighted by Gasteiger charge is -2.30. The van der Waals surface area contributed by atoms with Crippen molar-refractivity contribution in [3.8, 4) is 5.75 Å². The highest BCUT2D eigenvalue weighted by Crippen LogP contribution is 2.43. The molecule has 0 bridgehead atoms. The summed E-state index contributed by atoms with van der Waals surface area (Å²) in [6.07, 6.45) is 0.892. The summed E-state index contributed by atoms with van der Waals surface area (Å²) in [7, 11) is 0. The molecule has 112 valence electrons. The van der Waals surface area contributed by atoms with Gasteiger partial charge in [0, 0.05) is 32.3 Å². The maximum Gasteiger partial charge on any atom is 0.135 e. The van der Waals surface area contributed by atoms with Crippen LogP contribution in [0.3, 0.4) is 0 Å². The number of hydrogen-bond donors (Lipinski definition) is 1. The van der Waals surface area contributed by atoms with Gasteiger partial charge in [-0.3, -0.25) is 0 Å². The van der Waals surface area contributed by atoms with E-state index in [1.165, 1.54) is 9.75 Å². The predicted octanol–water partition coefficient (Wildman–Crippen LogP) is 5.33. The molecule has 2 aromatic rings. The minimum Gasteiger partial charge on any atom is -0.484 e. The fourth-order valence-electron chi connectivity index (χ4n) is 2.58. The second-order valence-electron chi connectivity index (χ2n) is 6.58. The fourth-order valence-corrected chi connectivity index (χ4v) is 4.07. The summed E-state index contributed by atoms with van der Waals surface area (Å²) < 4.78 is 7.23. The highest BCUT2D eigenvalue weighted by Gasteiger charge is 2.29. The normalized spacial score (nSPS) is 21.8. The van der Waals surface area contributed by atoms with E-state index in [1.54, 1.807) is 0 Å². The number of hydrogen-bond acceptors (Lipinski definition) is 3. The van der Waals surface area contributed by atoms with E-state index in [4.69, 9.17) is 10.5 Å². The maximum atomic E-state index is 6.34. The first kappa shape index (κ1) is 15.1. The molecule has 1 aromatic carbocycles. The number of rotatable bonds is 1. The molecule has 0 saturated heterocycles. The van der Waals surface area contributed by atoms with Crippen LogP contribution < -0.4 is 10.5 Å². The molecule has 1 aliphatic heterocycles. The van der Waals surface area contributed by atoms with Gasteiger partial charge in [-0.25, -0.2) is 0 Å². The van der Waals surface area contributed by atoms with Crippen molar-refractivity contribution in [1.29, 1.82) is 0 Å². The molecule has 21 heavy (non-hydrogen) atoms. The molecule has 0 fully saturated rings. The summed E-state index contributed by atoms with van der Waals surface area (Å²) in [5.41, 5.74) is 7.61. The first-order valence-corrected chi connectivity index (χ1v) is 8.77. The smallest absolute Gasteiger partial charge is 0.135 e. The van der Waals surface area contributed by atoms with E-state index in [1.807, 2.05) is 23.5 Å². The fraction of sp³-hybridized carbons (Fsp3) is 0.412. The van der Waals surface area contributed by atoms with Crippen LogP contribution in [0.15, 0.2) is 34.8 Å². The van der Waals surface area contributed by atoms with E-state index >= 15 is 0 Å². The van der Waals surface area contributed by atoms with Crippen LogP contribution in [-0.2, 0) is 5.41 Å². The summed E-state index contributed by atoms with van der Waals surface area (Å²) in [5.74, 6) is 0.910. The van der Waals surface area contributed by atoms with E-state index in [9.17, 15) is 0 Å². The molecule has 4 heteroatoms. The third kappa shape index (κ3) is 3.03. The van der Waals surface area contributed by atoms with Crippen LogP contribution >= 0.6 is 27.3 Å². The molecule has 3 rings (SSSR count). The van der Waals surface area contributed by atoms with Crippen molar-refractivity contribution < 1.29 is 4.74 Å². The number of halogens is 1. The molecular formula is C17H20BrNOS. The average molecular weight is 366 g/mol. The Hall–Kier alpha value is -0.840. The highest BCUT2D eigenvalue weighted by molar-refractivity contribution is 9.10. The second kappa shape index (κ2) is 5.41. The minimum atomic E-state index is 0.0245. The van der Waals surface area contributed by atoms with Crippen molar-refractivity contribution in [1.82, 2.24) is 0 Å². The van der Waals surface area contributed by atoms with Gasteiger partial charge in [0.2, 0.25) is 0 Å². The van der Waals surface area contributed by atoms with Crippen molar-refractivity contribution >= 4 is 27.3 Å². The van der Waals surface area contributed by atoms with Gasteiger partial charge < -0.3 is 10.5 Å². The lowest BCUT2D eigenvalue weighted by Crippen LogP contribution is -2.23. The molecular weight excluding hydrogens is 346 g/mol. The number of ether oxygens (including phenoxy) is 1. The van der Waals surface area contributed by atoms with Crippen LogP contribution in [0.4, 0.5) is 0 Å². The van der Waals surface area contributed by atoms with Crippen molar-refractivity contribution in [2.24, 2.45) is 5.73 Å². The molecule has 0 spiro atoms. The van der Waals surface area contributed by atoms with Crippen LogP contribution in [0.2, 0.25) is 0 Å². The monoisotopic (exact) mass is 365 g/mol. The van der Waals surface area contributed by atoms with E-state index in [0.717, 1.165) is 22.2 Å². The van der Waals surface area contributed by atoms with Gasteiger partial charge in [-0.15, -0.1) is 11.3 Å². The topological polar surface area (TPSA) is 35.2 Å². The van der Waals surface area contributed by atoms with Crippen molar-refractivity contribution in [2.45, 2.75) is 44.8 Å². The first-order chi connectivity index (χ1) is 9.84. The Morgan fingerprint density at radius 2 is 2.00 bits per heavy atom.